The number of hydrogen-bond donors (Lipinski definition) is 1. The first-order valence-corrected chi connectivity index (χ1v) is 7.23. The second-order valence-corrected chi connectivity index (χ2v) is 5.57. The summed E-state index contributed by atoms with van der Waals surface area (Å²) in [6.07, 6.45) is 4.26. The van der Waals surface area contributed by atoms with Crippen molar-refractivity contribution in [2.24, 2.45) is 0 Å². The Hall–Kier alpha value is -1.80. The SMILES string of the molecule is N#CC1(NC(=O)COc2ccc(F)cc2Cl)CCCCC1. The summed E-state index contributed by atoms with van der Waals surface area (Å²) in [5.74, 6) is -0.607. The summed E-state index contributed by atoms with van der Waals surface area (Å²) in [5, 5.41) is 12.1. The molecule has 0 heterocycles. The summed E-state index contributed by atoms with van der Waals surface area (Å²) >= 11 is 5.81. The minimum absolute atomic E-state index is 0.107. The number of carbonyl (C=O) groups is 1. The molecular formula is C15H16ClFN2O2. The Bertz CT molecular complexity index is 565. The average Bonchev–Trinajstić information content (AvgIpc) is 2.47. The van der Waals surface area contributed by atoms with Crippen LogP contribution < -0.4 is 10.1 Å². The Labute approximate surface area is 127 Å². The minimum atomic E-state index is -0.786. The monoisotopic (exact) mass is 310 g/mol. The van der Waals surface area contributed by atoms with Gasteiger partial charge in [0.25, 0.3) is 5.91 Å². The molecule has 0 aromatic heterocycles. The number of nitrogens with zero attached hydrogens (tertiary/aromatic N) is 1. The third-order valence-corrected chi connectivity index (χ3v) is 3.85. The van der Waals surface area contributed by atoms with Gasteiger partial charge in [0, 0.05) is 0 Å². The number of hydrogen-bond acceptors (Lipinski definition) is 3. The zero-order chi connectivity index (χ0) is 15.3. The van der Waals surface area contributed by atoms with Crippen LogP contribution >= 0.6 is 11.6 Å². The first kappa shape index (κ1) is 15.6. The highest BCUT2D eigenvalue weighted by molar-refractivity contribution is 6.32. The molecule has 0 aliphatic heterocycles. The van der Waals surface area contributed by atoms with Crippen molar-refractivity contribution >= 4 is 17.5 Å². The number of nitriles is 1. The maximum atomic E-state index is 12.9. The summed E-state index contributed by atoms with van der Waals surface area (Å²) in [5.41, 5.74) is -0.786. The van der Waals surface area contributed by atoms with E-state index < -0.39 is 11.4 Å². The van der Waals surface area contributed by atoms with E-state index in [1.807, 2.05) is 0 Å². The molecule has 2 rings (SSSR count). The van der Waals surface area contributed by atoms with Crippen molar-refractivity contribution in [2.45, 2.75) is 37.6 Å². The van der Waals surface area contributed by atoms with Crippen LogP contribution in [0.1, 0.15) is 32.1 Å². The Balaban J connectivity index is 1.91. The summed E-state index contributed by atoms with van der Waals surface area (Å²) in [6.45, 7) is -0.255. The van der Waals surface area contributed by atoms with Crippen molar-refractivity contribution in [2.75, 3.05) is 6.61 Å². The van der Waals surface area contributed by atoms with Gasteiger partial charge < -0.3 is 10.1 Å². The topological polar surface area (TPSA) is 62.1 Å². The van der Waals surface area contributed by atoms with Crippen LogP contribution in [0.15, 0.2) is 18.2 Å². The normalized spacial score (nSPS) is 16.8. The molecule has 1 N–H and O–H groups in total. The number of ether oxygens (including phenoxy) is 1. The predicted octanol–water partition coefficient (Wildman–Crippen LogP) is 3.20. The zero-order valence-electron chi connectivity index (χ0n) is 11.5. The van der Waals surface area contributed by atoms with Crippen molar-refractivity contribution in [3.63, 3.8) is 0 Å². The maximum Gasteiger partial charge on any atom is 0.259 e. The van der Waals surface area contributed by atoms with Gasteiger partial charge in [-0.2, -0.15) is 5.26 Å². The lowest BCUT2D eigenvalue weighted by atomic mass is 9.83. The van der Waals surface area contributed by atoms with E-state index in [-0.39, 0.29) is 23.3 Å². The van der Waals surface area contributed by atoms with Crippen LogP contribution in [0.4, 0.5) is 4.39 Å². The molecule has 1 aliphatic rings. The van der Waals surface area contributed by atoms with Gasteiger partial charge in [-0.1, -0.05) is 30.9 Å². The van der Waals surface area contributed by atoms with Gasteiger partial charge in [0.1, 0.15) is 17.1 Å². The van der Waals surface area contributed by atoms with E-state index in [1.54, 1.807) is 0 Å². The molecule has 21 heavy (non-hydrogen) atoms. The summed E-state index contributed by atoms with van der Waals surface area (Å²) in [6, 6.07) is 5.89. The van der Waals surface area contributed by atoms with Crippen molar-refractivity contribution < 1.29 is 13.9 Å². The van der Waals surface area contributed by atoms with Gasteiger partial charge in [-0.3, -0.25) is 4.79 Å². The number of carbonyl (C=O) groups excluding carboxylic acids is 1. The largest absolute Gasteiger partial charge is 0.482 e. The maximum absolute atomic E-state index is 12.9. The van der Waals surface area contributed by atoms with Gasteiger partial charge in [0.15, 0.2) is 6.61 Å². The van der Waals surface area contributed by atoms with E-state index >= 15 is 0 Å². The molecule has 6 heteroatoms. The number of amides is 1. The summed E-state index contributed by atoms with van der Waals surface area (Å²) in [7, 11) is 0. The second-order valence-electron chi connectivity index (χ2n) is 5.17. The molecule has 1 aromatic rings. The molecule has 0 bridgehead atoms. The second kappa shape index (κ2) is 6.77. The van der Waals surface area contributed by atoms with E-state index in [0.29, 0.717) is 12.8 Å². The van der Waals surface area contributed by atoms with Crippen LogP contribution in [0.3, 0.4) is 0 Å². The van der Waals surface area contributed by atoms with Crippen LogP contribution in [0.2, 0.25) is 5.02 Å². The van der Waals surface area contributed by atoms with Crippen LogP contribution in [0.5, 0.6) is 5.75 Å². The lowest BCUT2D eigenvalue weighted by Gasteiger charge is -2.31. The van der Waals surface area contributed by atoms with Gasteiger partial charge in [0.05, 0.1) is 11.1 Å². The van der Waals surface area contributed by atoms with Crippen molar-refractivity contribution in [3.05, 3.63) is 29.0 Å². The van der Waals surface area contributed by atoms with E-state index in [4.69, 9.17) is 16.3 Å². The molecule has 112 valence electrons. The predicted molar refractivity (Wildman–Crippen MR) is 76.5 cm³/mol. The van der Waals surface area contributed by atoms with Crippen LogP contribution in [-0.4, -0.2) is 18.1 Å². The fourth-order valence-corrected chi connectivity index (χ4v) is 2.68. The van der Waals surface area contributed by atoms with Gasteiger partial charge in [-0.25, -0.2) is 4.39 Å². The lowest BCUT2D eigenvalue weighted by molar-refractivity contribution is -0.124. The first-order chi connectivity index (χ1) is 10.0. The smallest absolute Gasteiger partial charge is 0.259 e. The Morgan fingerprint density at radius 3 is 2.76 bits per heavy atom. The minimum Gasteiger partial charge on any atom is -0.482 e. The number of halogens is 2. The molecule has 1 aromatic carbocycles. The van der Waals surface area contributed by atoms with E-state index in [9.17, 15) is 14.4 Å². The molecule has 0 unspecified atom stereocenters. The lowest BCUT2D eigenvalue weighted by Crippen LogP contribution is -2.50. The number of benzene rings is 1. The molecule has 0 saturated heterocycles. The van der Waals surface area contributed by atoms with E-state index in [2.05, 4.69) is 11.4 Å². The third kappa shape index (κ3) is 4.08. The van der Waals surface area contributed by atoms with Crippen LogP contribution in [0.25, 0.3) is 0 Å². The average molecular weight is 311 g/mol. The Morgan fingerprint density at radius 1 is 1.43 bits per heavy atom. The highest BCUT2D eigenvalue weighted by Crippen LogP contribution is 2.28. The fraction of sp³-hybridized carbons (Fsp3) is 0.467. The van der Waals surface area contributed by atoms with Gasteiger partial charge in [-0.15, -0.1) is 0 Å². The third-order valence-electron chi connectivity index (χ3n) is 3.55. The molecular weight excluding hydrogens is 295 g/mol. The van der Waals surface area contributed by atoms with Gasteiger partial charge >= 0.3 is 0 Å². The van der Waals surface area contributed by atoms with Crippen molar-refractivity contribution in [1.29, 1.82) is 5.26 Å². The number of rotatable bonds is 4. The van der Waals surface area contributed by atoms with Crippen molar-refractivity contribution in [3.8, 4) is 11.8 Å². The molecule has 1 saturated carbocycles. The standard InChI is InChI=1S/C15H16ClFN2O2/c16-12-8-11(17)4-5-13(12)21-9-14(20)19-15(10-18)6-2-1-3-7-15/h4-5,8H,1-3,6-7,9H2,(H,19,20). The Kier molecular flexibility index (Phi) is 5.03. The fourth-order valence-electron chi connectivity index (χ4n) is 2.46. The van der Waals surface area contributed by atoms with E-state index in [0.717, 1.165) is 25.3 Å². The van der Waals surface area contributed by atoms with Crippen LogP contribution in [0, 0.1) is 17.1 Å². The zero-order valence-corrected chi connectivity index (χ0v) is 12.3. The van der Waals surface area contributed by atoms with E-state index in [1.165, 1.54) is 12.1 Å². The first-order valence-electron chi connectivity index (χ1n) is 6.85. The van der Waals surface area contributed by atoms with Gasteiger partial charge in [0.2, 0.25) is 0 Å². The highest BCUT2D eigenvalue weighted by atomic mass is 35.5. The highest BCUT2D eigenvalue weighted by Gasteiger charge is 2.33. The number of nitrogens with one attached hydrogen (secondary N) is 1. The molecule has 4 nitrogen and oxygen atoms in total. The summed E-state index contributed by atoms with van der Waals surface area (Å²) in [4.78, 5) is 11.9. The molecule has 1 aliphatic carbocycles. The molecule has 0 radical (unpaired) electrons. The molecule has 0 spiro atoms. The van der Waals surface area contributed by atoms with Crippen molar-refractivity contribution in [1.82, 2.24) is 5.32 Å². The van der Waals surface area contributed by atoms with Crippen LogP contribution in [-0.2, 0) is 4.79 Å². The Morgan fingerprint density at radius 2 is 2.14 bits per heavy atom. The van der Waals surface area contributed by atoms with Gasteiger partial charge in [-0.05, 0) is 31.0 Å². The molecule has 0 atom stereocenters. The summed E-state index contributed by atoms with van der Waals surface area (Å²) < 4.78 is 18.2. The molecule has 1 amide bonds. The molecule has 1 fully saturated rings. The quantitative estimate of drug-likeness (QED) is 0.929.